The molecule has 0 saturated carbocycles. The van der Waals surface area contributed by atoms with E-state index in [1.165, 1.54) is 0 Å². The number of rotatable bonds is 4. The highest BCUT2D eigenvalue weighted by atomic mass is 16.2. The van der Waals surface area contributed by atoms with E-state index in [9.17, 15) is 9.59 Å². The molecule has 96 valence electrons. The van der Waals surface area contributed by atoms with E-state index in [2.05, 4.69) is 20.6 Å². The van der Waals surface area contributed by atoms with Gasteiger partial charge in [-0.25, -0.2) is 4.79 Å². The average Bonchev–Trinajstić information content (AvgIpc) is 2.74. The molecule has 6 heteroatoms. The second-order valence-corrected chi connectivity index (χ2v) is 4.16. The van der Waals surface area contributed by atoms with Crippen LogP contribution in [-0.4, -0.2) is 29.5 Å². The summed E-state index contributed by atoms with van der Waals surface area (Å²) in [5.74, 6) is -0.0574. The number of H-pyrrole nitrogens is 2. The second-order valence-electron chi connectivity index (χ2n) is 4.16. The molecule has 2 aromatic rings. The first-order chi connectivity index (χ1) is 8.60. The van der Waals surface area contributed by atoms with Crippen LogP contribution in [0.1, 0.15) is 18.5 Å². The Morgan fingerprint density at radius 2 is 2.06 bits per heavy atom. The van der Waals surface area contributed by atoms with Crippen molar-refractivity contribution in [2.45, 2.75) is 13.0 Å². The molecule has 1 atom stereocenters. The van der Waals surface area contributed by atoms with Crippen LogP contribution >= 0.6 is 0 Å². The van der Waals surface area contributed by atoms with E-state index < -0.39 is 0 Å². The first kappa shape index (κ1) is 12.4. The Hall–Kier alpha value is -2.08. The average molecular weight is 248 g/mol. The first-order valence-electron chi connectivity index (χ1n) is 5.76. The highest BCUT2D eigenvalue weighted by molar-refractivity contribution is 5.78. The number of aromatic amines is 2. The van der Waals surface area contributed by atoms with Crippen molar-refractivity contribution in [2.75, 3.05) is 13.6 Å². The van der Waals surface area contributed by atoms with Crippen molar-refractivity contribution in [3.63, 3.8) is 0 Å². The summed E-state index contributed by atoms with van der Waals surface area (Å²) in [6, 6.07) is 5.70. The zero-order chi connectivity index (χ0) is 13.1. The summed E-state index contributed by atoms with van der Waals surface area (Å²) in [7, 11) is 1.60. The number of aromatic nitrogens is 2. The smallest absolute Gasteiger partial charge is 0.323 e. The topological polar surface area (TPSA) is 89.8 Å². The number of likely N-dealkylation sites (N-methyl/N-ethyl adjacent to an activating group) is 1. The van der Waals surface area contributed by atoms with Crippen LogP contribution in [0.15, 0.2) is 23.0 Å². The van der Waals surface area contributed by atoms with E-state index in [0.29, 0.717) is 0 Å². The molecule has 1 aromatic heterocycles. The molecular weight excluding hydrogens is 232 g/mol. The van der Waals surface area contributed by atoms with Gasteiger partial charge in [0.1, 0.15) is 0 Å². The van der Waals surface area contributed by atoms with Crippen LogP contribution in [0.5, 0.6) is 0 Å². The zero-order valence-electron chi connectivity index (χ0n) is 10.3. The molecule has 0 aliphatic carbocycles. The van der Waals surface area contributed by atoms with Gasteiger partial charge in [0.15, 0.2) is 0 Å². The Morgan fingerprint density at radius 1 is 1.33 bits per heavy atom. The lowest BCUT2D eigenvalue weighted by atomic mass is 10.1. The molecule has 1 heterocycles. The monoisotopic (exact) mass is 248 g/mol. The molecule has 4 N–H and O–H groups in total. The van der Waals surface area contributed by atoms with Crippen molar-refractivity contribution in [1.82, 2.24) is 20.6 Å². The molecule has 0 bridgehead atoms. The summed E-state index contributed by atoms with van der Waals surface area (Å²) in [5, 5.41) is 5.66. The van der Waals surface area contributed by atoms with Gasteiger partial charge in [-0.05, 0) is 24.6 Å². The van der Waals surface area contributed by atoms with E-state index in [-0.39, 0.29) is 24.2 Å². The maximum atomic E-state index is 11.1. The van der Waals surface area contributed by atoms with E-state index in [1.807, 2.05) is 25.1 Å². The number of benzene rings is 1. The van der Waals surface area contributed by atoms with Crippen molar-refractivity contribution in [2.24, 2.45) is 0 Å². The Bertz CT molecular complexity index is 614. The largest absolute Gasteiger partial charge is 0.358 e. The summed E-state index contributed by atoms with van der Waals surface area (Å²) in [4.78, 5) is 27.7. The van der Waals surface area contributed by atoms with Gasteiger partial charge in [0.25, 0.3) is 0 Å². The standard InChI is InChI=1S/C12H16N4O2/c1-7(14-6-11(17)13-2)8-3-4-9-10(5-8)16-12(18)15-9/h3-5,7,14H,6H2,1-2H3,(H,13,17)(H2,15,16,18). The number of imidazole rings is 1. The molecule has 2 rings (SSSR count). The summed E-state index contributed by atoms with van der Waals surface area (Å²) < 4.78 is 0. The van der Waals surface area contributed by atoms with Crippen LogP contribution in [0, 0.1) is 0 Å². The van der Waals surface area contributed by atoms with Gasteiger partial charge in [-0.3, -0.25) is 4.79 Å². The molecule has 0 saturated heterocycles. The van der Waals surface area contributed by atoms with Gasteiger partial charge >= 0.3 is 5.69 Å². The fourth-order valence-electron chi connectivity index (χ4n) is 1.77. The quantitative estimate of drug-likeness (QED) is 0.625. The molecular formula is C12H16N4O2. The van der Waals surface area contributed by atoms with Crippen LogP contribution in [0.25, 0.3) is 11.0 Å². The molecule has 18 heavy (non-hydrogen) atoms. The number of hydrogen-bond acceptors (Lipinski definition) is 3. The Morgan fingerprint density at radius 3 is 2.78 bits per heavy atom. The first-order valence-corrected chi connectivity index (χ1v) is 5.76. The van der Waals surface area contributed by atoms with Crippen LogP contribution in [0.3, 0.4) is 0 Å². The van der Waals surface area contributed by atoms with Crippen molar-refractivity contribution in [3.05, 3.63) is 34.2 Å². The lowest BCUT2D eigenvalue weighted by Crippen LogP contribution is -2.32. The second kappa shape index (κ2) is 5.05. The predicted octanol–water partition coefficient (Wildman–Crippen LogP) is 0.253. The van der Waals surface area contributed by atoms with Gasteiger partial charge in [0.2, 0.25) is 5.91 Å². The van der Waals surface area contributed by atoms with E-state index >= 15 is 0 Å². The molecule has 1 unspecified atom stereocenters. The van der Waals surface area contributed by atoms with Crippen LogP contribution in [-0.2, 0) is 4.79 Å². The lowest BCUT2D eigenvalue weighted by Gasteiger charge is -2.13. The lowest BCUT2D eigenvalue weighted by molar-refractivity contribution is -0.119. The van der Waals surface area contributed by atoms with Gasteiger partial charge in [-0.2, -0.15) is 0 Å². The predicted molar refractivity (Wildman–Crippen MR) is 69.4 cm³/mol. The third-order valence-corrected chi connectivity index (χ3v) is 2.89. The third-order valence-electron chi connectivity index (χ3n) is 2.89. The van der Waals surface area contributed by atoms with Gasteiger partial charge in [-0.1, -0.05) is 6.07 Å². The minimum Gasteiger partial charge on any atom is -0.358 e. The van der Waals surface area contributed by atoms with Crippen molar-refractivity contribution < 1.29 is 4.79 Å². The summed E-state index contributed by atoms with van der Waals surface area (Å²) in [6.07, 6.45) is 0. The molecule has 6 nitrogen and oxygen atoms in total. The zero-order valence-corrected chi connectivity index (χ0v) is 10.3. The Labute approximate surface area is 104 Å². The number of carbonyl (C=O) groups excluding carboxylic acids is 1. The molecule has 1 aromatic carbocycles. The molecule has 0 fully saturated rings. The number of nitrogens with one attached hydrogen (secondary N) is 4. The molecule has 0 aliphatic rings. The number of hydrogen-bond donors (Lipinski definition) is 4. The van der Waals surface area contributed by atoms with Crippen molar-refractivity contribution in [3.8, 4) is 0 Å². The fraction of sp³-hybridized carbons (Fsp3) is 0.333. The SMILES string of the molecule is CNC(=O)CNC(C)c1ccc2[nH]c(=O)[nH]c2c1. The molecule has 0 spiro atoms. The normalized spacial score (nSPS) is 12.6. The van der Waals surface area contributed by atoms with E-state index in [0.717, 1.165) is 16.6 Å². The molecule has 0 aliphatic heterocycles. The summed E-state index contributed by atoms with van der Waals surface area (Å²) >= 11 is 0. The highest BCUT2D eigenvalue weighted by Crippen LogP contribution is 2.16. The molecule has 1 amide bonds. The fourth-order valence-corrected chi connectivity index (χ4v) is 1.77. The Kier molecular flexibility index (Phi) is 3.47. The van der Waals surface area contributed by atoms with Crippen molar-refractivity contribution >= 4 is 16.9 Å². The van der Waals surface area contributed by atoms with Gasteiger partial charge < -0.3 is 20.6 Å². The van der Waals surface area contributed by atoms with Crippen LogP contribution < -0.4 is 16.3 Å². The van der Waals surface area contributed by atoms with Crippen LogP contribution in [0.2, 0.25) is 0 Å². The van der Waals surface area contributed by atoms with Gasteiger partial charge in [-0.15, -0.1) is 0 Å². The summed E-state index contributed by atoms with van der Waals surface area (Å²) in [6.45, 7) is 2.23. The van der Waals surface area contributed by atoms with Crippen molar-refractivity contribution in [1.29, 1.82) is 0 Å². The molecule has 0 radical (unpaired) electrons. The minimum atomic E-state index is -0.215. The van der Waals surface area contributed by atoms with Gasteiger partial charge in [0, 0.05) is 13.1 Å². The summed E-state index contributed by atoms with van der Waals surface area (Å²) in [5.41, 5.74) is 2.35. The third kappa shape index (κ3) is 2.60. The maximum Gasteiger partial charge on any atom is 0.323 e. The highest BCUT2D eigenvalue weighted by Gasteiger charge is 2.08. The van der Waals surface area contributed by atoms with E-state index in [1.54, 1.807) is 7.05 Å². The number of amides is 1. The Balaban J connectivity index is 2.14. The minimum absolute atomic E-state index is 0.0325. The van der Waals surface area contributed by atoms with Crippen LogP contribution in [0.4, 0.5) is 0 Å². The number of fused-ring (bicyclic) bond motifs is 1. The van der Waals surface area contributed by atoms with Gasteiger partial charge in [0.05, 0.1) is 17.6 Å². The number of carbonyl (C=O) groups is 1. The maximum absolute atomic E-state index is 11.1. The van der Waals surface area contributed by atoms with E-state index in [4.69, 9.17) is 0 Å².